The highest BCUT2D eigenvalue weighted by atomic mass is 16.5. The molecule has 0 aliphatic carbocycles. The molecule has 0 aliphatic rings. The predicted octanol–water partition coefficient (Wildman–Crippen LogP) is 3.19. The van der Waals surface area contributed by atoms with Gasteiger partial charge in [0.05, 0.1) is 12.1 Å². The van der Waals surface area contributed by atoms with Gasteiger partial charge in [-0.3, -0.25) is 9.36 Å². The molecule has 0 saturated heterocycles. The van der Waals surface area contributed by atoms with Gasteiger partial charge in [0.25, 0.3) is 0 Å². The monoisotopic (exact) mass is 389 g/mol. The van der Waals surface area contributed by atoms with Crippen molar-refractivity contribution in [2.45, 2.75) is 20.3 Å². The molecule has 9 nitrogen and oxygen atoms in total. The molecule has 4 aromatic rings. The standard InChI is InChI=1S/C20H19N7O2/c1-13-17(14(2)29-26-13)9-20(28)25-16-5-3-15(4-6-16)24-18-10-19(23-11-22-18)27-8-7-21-12-27/h3-8,10-12H,9H2,1-2H3,(H,25,28)(H,22,23,24). The van der Waals surface area contributed by atoms with E-state index in [1.807, 2.05) is 43.5 Å². The normalized spacial score (nSPS) is 10.7. The fourth-order valence-electron chi connectivity index (χ4n) is 2.86. The highest BCUT2D eigenvalue weighted by Gasteiger charge is 2.13. The minimum Gasteiger partial charge on any atom is -0.361 e. The Morgan fingerprint density at radius 3 is 2.62 bits per heavy atom. The number of benzene rings is 1. The van der Waals surface area contributed by atoms with Gasteiger partial charge in [-0.15, -0.1) is 0 Å². The van der Waals surface area contributed by atoms with E-state index in [1.54, 1.807) is 24.0 Å². The zero-order chi connectivity index (χ0) is 20.2. The number of aromatic nitrogens is 5. The molecule has 0 unspecified atom stereocenters. The highest BCUT2D eigenvalue weighted by Crippen LogP contribution is 2.19. The number of hydrogen-bond donors (Lipinski definition) is 2. The second-order valence-electron chi connectivity index (χ2n) is 6.46. The number of carbonyl (C=O) groups excluding carboxylic acids is 1. The van der Waals surface area contributed by atoms with Gasteiger partial charge in [0.2, 0.25) is 5.91 Å². The van der Waals surface area contributed by atoms with Crippen LogP contribution < -0.4 is 10.6 Å². The maximum atomic E-state index is 12.3. The minimum absolute atomic E-state index is 0.124. The SMILES string of the molecule is Cc1noc(C)c1CC(=O)Nc1ccc(Nc2cc(-n3ccnc3)ncn2)cc1. The summed E-state index contributed by atoms with van der Waals surface area (Å²) < 4.78 is 6.89. The van der Waals surface area contributed by atoms with Crippen molar-refractivity contribution in [3.63, 3.8) is 0 Å². The maximum Gasteiger partial charge on any atom is 0.228 e. The molecule has 1 aromatic carbocycles. The molecule has 9 heteroatoms. The molecule has 0 atom stereocenters. The third-order valence-corrected chi connectivity index (χ3v) is 4.38. The molecule has 3 aromatic heterocycles. The number of imidazole rings is 1. The Labute approximate surface area is 166 Å². The average Bonchev–Trinajstić information content (AvgIpc) is 3.36. The van der Waals surface area contributed by atoms with Gasteiger partial charge in [-0.25, -0.2) is 15.0 Å². The third-order valence-electron chi connectivity index (χ3n) is 4.38. The Hall–Kier alpha value is -4.01. The van der Waals surface area contributed by atoms with Crippen LogP contribution in [0.1, 0.15) is 17.0 Å². The number of anilines is 3. The van der Waals surface area contributed by atoms with E-state index in [9.17, 15) is 4.79 Å². The molecule has 0 aliphatic heterocycles. The fourth-order valence-corrected chi connectivity index (χ4v) is 2.86. The van der Waals surface area contributed by atoms with Gasteiger partial charge < -0.3 is 15.2 Å². The van der Waals surface area contributed by atoms with Gasteiger partial charge in [-0.05, 0) is 38.1 Å². The smallest absolute Gasteiger partial charge is 0.228 e. The molecular formula is C20H19N7O2. The summed E-state index contributed by atoms with van der Waals surface area (Å²) in [5, 5.41) is 9.97. The van der Waals surface area contributed by atoms with Crippen LogP contribution in [0.15, 0.2) is 59.9 Å². The lowest BCUT2D eigenvalue weighted by atomic mass is 10.1. The molecule has 0 saturated carbocycles. The van der Waals surface area contributed by atoms with Crippen molar-refractivity contribution < 1.29 is 9.32 Å². The number of amides is 1. The topological polar surface area (TPSA) is 111 Å². The van der Waals surface area contributed by atoms with Crippen molar-refractivity contribution >= 4 is 23.1 Å². The molecular weight excluding hydrogens is 370 g/mol. The van der Waals surface area contributed by atoms with E-state index in [0.717, 1.165) is 16.9 Å². The number of aryl methyl sites for hydroxylation is 2. The van der Waals surface area contributed by atoms with Crippen molar-refractivity contribution in [1.29, 1.82) is 0 Å². The van der Waals surface area contributed by atoms with E-state index in [4.69, 9.17) is 4.52 Å². The number of nitrogens with one attached hydrogen (secondary N) is 2. The van der Waals surface area contributed by atoms with Crippen molar-refractivity contribution in [2.24, 2.45) is 0 Å². The molecule has 0 bridgehead atoms. The number of carbonyl (C=O) groups is 1. The number of rotatable bonds is 6. The van der Waals surface area contributed by atoms with Gasteiger partial charge in [0.1, 0.15) is 30.1 Å². The molecule has 2 N–H and O–H groups in total. The van der Waals surface area contributed by atoms with E-state index >= 15 is 0 Å². The molecule has 1 amide bonds. The highest BCUT2D eigenvalue weighted by molar-refractivity contribution is 5.92. The first-order valence-corrected chi connectivity index (χ1v) is 8.97. The summed E-state index contributed by atoms with van der Waals surface area (Å²) in [6, 6.07) is 9.20. The molecule has 3 heterocycles. The van der Waals surface area contributed by atoms with E-state index < -0.39 is 0 Å². The van der Waals surface area contributed by atoms with Gasteiger partial charge in [0, 0.05) is 35.4 Å². The van der Waals surface area contributed by atoms with Crippen LogP contribution in [0.25, 0.3) is 5.82 Å². The van der Waals surface area contributed by atoms with Crippen LogP contribution in [0.5, 0.6) is 0 Å². The van der Waals surface area contributed by atoms with E-state index in [0.29, 0.717) is 23.1 Å². The quantitative estimate of drug-likeness (QED) is 0.521. The second-order valence-corrected chi connectivity index (χ2v) is 6.46. The first-order chi connectivity index (χ1) is 14.1. The third kappa shape index (κ3) is 4.29. The van der Waals surface area contributed by atoms with Gasteiger partial charge in [-0.1, -0.05) is 5.16 Å². The van der Waals surface area contributed by atoms with E-state index in [-0.39, 0.29) is 12.3 Å². The van der Waals surface area contributed by atoms with Crippen LogP contribution in [0, 0.1) is 13.8 Å². The molecule has 0 fully saturated rings. The Kier molecular flexibility index (Phi) is 5.02. The van der Waals surface area contributed by atoms with Crippen LogP contribution in [0.3, 0.4) is 0 Å². The van der Waals surface area contributed by atoms with Crippen LogP contribution in [-0.2, 0) is 11.2 Å². The summed E-state index contributed by atoms with van der Waals surface area (Å²) in [7, 11) is 0. The summed E-state index contributed by atoms with van der Waals surface area (Å²) in [5.41, 5.74) is 3.09. The lowest BCUT2D eigenvalue weighted by Crippen LogP contribution is -2.15. The predicted molar refractivity (Wildman–Crippen MR) is 107 cm³/mol. The largest absolute Gasteiger partial charge is 0.361 e. The van der Waals surface area contributed by atoms with Crippen LogP contribution in [-0.4, -0.2) is 30.6 Å². The molecule has 29 heavy (non-hydrogen) atoms. The Morgan fingerprint density at radius 2 is 1.93 bits per heavy atom. The first kappa shape index (κ1) is 18.4. The summed E-state index contributed by atoms with van der Waals surface area (Å²) in [6.07, 6.45) is 6.88. The molecule has 146 valence electrons. The van der Waals surface area contributed by atoms with Gasteiger partial charge in [0.15, 0.2) is 0 Å². The first-order valence-electron chi connectivity index (χ1n) is 8.97. The van der Waals surface area contributed by atoms with Gasteiger partial charge >= 0.3 is 0 Å². The van der Waals surface area contributed by atoms with Crippen LogP contribution >= 0.6 is 0 Å². The fraction of sp³-hybridized carbons (Fsp3) is 0.150. The summed E-state index contributed by atoms with van der Waals surface area (Å²) in [4.78, 5) is 24.8. The minimum atomic E-state index is -0.124. The lowest BCUT2D eigenvalue weighted by molar-refractivity contribution is -0.115. The van der Waals surface area contributed by atoms with Crippen molar-refractivity contribution in [3.8, 4) is 5.82 Å². The summed E-state index contributed by atoms with van der Waals surface area (Å²) in [5.74, 6) is 1.90. The average molecular weight is 389 g/mol. The summed E-state index contributed by atoms with van der Waals surface area (Å²) in [6.45, 7) is 3.62. The number of hydrogen-bond acceptors (Lipinski definition) is 7. The zero-order valence-electron chi connectivity index (χ0n) is 16.0. The van der Waals surface area contributed by atoms with E-state index in [1.165, 1.54) is 6.33 Å². The van der Waals surface area contributed by atoms with Crippen LogP contribution in [0.4, 0.5) is 17.2 Å². The lowest BCUT2D eigenvalue weighted by Gasteiger charge is -2.09. The number of nitrogens with zero attached hydrogens (tertiary/aromatic N) is 5. The molecule has 4 rings (SSSR count). The maximum absolute atomic E-state index is 12.3. The summed E-state index contributed by atoms with van der Waals surface area (Å²) >= 11 is 0. The Bertz CT molecular complexity index is 1100. The van der Waals surface area contributed by atoms with Crippen molar-refractivity contribution in [3.05, 3.63) is 72.4 Å². The van der Waals surface area contributed by atoms with Crippen molar-refractivity contribution in [1.82, 2.24) is 24.7 Å². The Balaban J connectivity index is 1.39. The van der Waals surface area contributed by atoms with Gasteiger partial charge in [-0.2, -0.15) is 0 Å². The zero-order valence-corrected chi connectivity index (χ0v) is 16.0. The molecule has 0 spiro atoms. The Morgan fingerprint density at radius 1 is 1.14 bits per heavy atom. The van der Waals surface area contributed by atoms with E-state index in [2.05, 4.69) is 30.7 Å². The molecule has 0 radical (unpaired) electrons. The van der Waals surface area contributed by atoms with Crippen LogP contribution in [0.2, 0.25) is 0 Å². The van der Waals surface area contributed by atoms with Crippen molar-refractivity contribution in [2.75, 3.05) is 10.6 Å². The second kappa shape index (κ2) is 7.93.